The van der Waals surface area contributed by atoms with Gasteiger partial charge in [-0.15, -0.1) is 0 Å². The highest BCUT2D eigenvalue weighted by Crippen LogP contribution is 2.11. The first-order valence-corrected chi connectivity index (χ1v) is 3.80. The monoisotopic (exact) mass is 161 g/mol. The summed E-state index contributed by atoms with van der Waals surface area (Å²) in [6, 6.07) is 0. The van der Waals surface area contributed by atoms with E-state index in [4.69, 9.17) is 4.74 Å². The summed E-state index contributed by atoms with van der Waals surface area (Å²) in [5.41, 5.74) is 0. The summed E-state index contributed by atoms with van der Waals surface area (Å²) in [5, 5.41) is 2.44. The summed E-state index contributed by atoms with van der Waals surface area (Å²) in [7, 11) is 0. The molecule has 0 saturated carbocycles. The van der Waals surface area contributed by atoms with Crippen LogP contribution in [0.4, 0.5) is 4.39 Å². The maximum absolute atomic E-state index is 11.6. The summed E-state index contributed by atoms with van der Waals surface area (Å²) in [6.07, 6.45) is 1.35. The second kappa shape index (κ2) is 4.28. The van der Waals surface area contributed by atoms with Crippen LogP contribution in [0.2, 0.25) is 0 Å². The number of nitrogens with one attached hydrogen (secondary N) is 1. The van der Waals surface area contributed by atoms with Gasteiger partial charge in [0, 0.05) is 13.2 Å². The van der Waals surface area contributed by atoms with Crippen molar-refractivity contribution in [2.75, 3.05) is 19.8 Å². The van der Waals surface area contributed by atoms with Gasteiger partial charge in [0.25, 0.3) is 0 Å². The van der Waals surface area contributed by atoms with Crippen molar-refractivity contribution >= 4 is 5.91 Å². The number of hydrogen-bond acceptors (Lipinski definition) is 2. The zero-order valence-corrected chi connectivity index (χ0v) is 6.31. The lowest BCUT2D eigenvalue weighted by Gasteiger charge is -2.07. The maximum Gasteiger partial charge on any atom is 0.249 e. The number of rotatable bonds is 3. The predicted octanol–water partition coefficient (Wildman–Crippen LogP) is 0.251. The van der Waals surface area contributed by atoms with E-state index in [2.05, 4.69) is 5.32 Å². The molecule has 4 heteroatoms. The Hall–Kier alpha value is -0.640. The molecule has 1 atom stereocenters. The van der Waals surface area contributed by atoms with Crippen LogP contribution in [0, 0.1) is 0 Å². The first-order chi connectivity index (χ1) is 5.34. The molecular weight excluding hydrogens is 149 g/mol. The molecule has 1 rings (SSSR count). The van der Waals surface area contributed by atoms with E-state index < -0.39 is 6.67 Å². The molecule has 0 unspecified atom stereocenters. The van der Waals surface area contributed by atoms with Gasteiger partial charge >= 0.3 is 0 Å². The van der Waals surface area contributed by atoms with Gasteiger partial charge in [0.05, 0.1) is 0 Å². The molecule has 1 aliphatic rings. The van der Waals surface area contributed by atoms with E-state index in [0.717, 1.165) is 12.8 Å². The van der Waals surface area contributed by atoms with Crippen molar-refractivity contribution in [1.29, 1.82) is 0 Å². The van der Waals surface area contributed by atoms with Crippen molar-refractivity contribution in [1.82, 2.24) is 5.32 Å². The molecule has 3 nitrogen and oxygen atoms in total. The summed E-state index contributed by atoms with van der Waals surface area (Å²) >= 11 is 0. The summed E-state index contributed by atoms with van der Waals surface area (Å²) < 4.78 is 16.7. The fraction of sp³-hybridized carbons (Fsp3) is 0.857. The summed E-state index contributed by atoms with van der Waals surface area (Å²) in [6.45, 7) is 0.227. The van der Waals surface area contributed by atoms with E-state index in [1.54, 1.807) is 0 Å². The molecule has 1 fully saturated rings. The summed E-state index contributed by atoms with van der Waals surface area (Å²) in [4.78, 5) is 11.0. The van der Waals surface area contributed by atoms with Crippen molar-refractivity contribution in [3.63, 3.8) is 0 Å². The van der Waals surface area contributed by atoms with Gasteiger partial charge in [0.1, 0.15) is 12.8 Å². The molecule has 1 saturated heterocycles. The average molecular weight is 161 g/mol. The highest BCUT2D eigenvalue weighted by Gasteiger charge is 2.22. The van der Waals surface area contributed by atoms with E-state index in [-0.39, 0.29) is 18.6 Å². The fourth-order valence-electron chi connectivity index (χ4n) is 1.07. The van der Waals surface area contributed by atoms with Crippen LogP contribution >= 0.6 is 0 Å². The van der Waals surface area contributed by atoms with Crippen LogP contribution in [0.15, 0.2) is 0 Å². The topological polar surface area (TPSA) is 38.3 Å². The highest BCUT2D eigenvalue weighted by atomic mass is 19.1. The van der Waals surface area contributed by atoms with Crippen LogP contribution in [0.1, 0.15) is 12.8 Å². The molecule has 1 N–H and O–H groups in total. The molecule has 1 heterocycles. The number of halogens is 1. The van der Waals surface area contributed by atoms with Gasteiger partial charge in [0.2, 0.25) is 5.91 Å². The van der Waals surface area contributed by atoms with Crippen molar-refractivity contribution in [3.8, 4) is 0 Å². The van der Waals surface area contributed by atoms with Gasteiger partial charge in [-0.2, -0.15) is 0 Å². The van der Waals surface area contributed by atoms with Gasteiger partial charge < -0.3 is 10.1 Å². The Morgan fingerprint density at radius 2 is 2.55 bits per heavy atom. The lowest BCUT2D eigenvalue weighted by atomic mass is 10.2. The van der Waals surface area contributed by atoms with Crippen LogP contribution in [0.5, 0.6) is 0 Å². The molecule has 0 spiro atoms. The minimum Gasteiger partial charge on any atom is -0.368 e. The third-order valence-corrected chi connectivity index (χ3v) is 1.62. The van der Waals surface area contributed by atoms with Crippen molar-refractivity contribution in [2.45, 2.75) is 18.9 Å². The maximum atomic E-state index is 11.6. The zero-order chi connectivity index (χ0) is 8.10. The standard InChI is InChI=1S/C7H12FNO2/c8-3-4-9-7(10)6-2-1-5-11-6/h6H,1-5H2,(H,9,10)/t6-/m0/s1. The van der Waals surface area contributed by atoms with E-state index in [1.165, 1.54) is 0 Å². The zero-order valence-electron chi connectivity index (χ0n) is 6.31. The Morgan fingerprint density at radius 3 is 3.09 bits per heavy atom. The van der Waals surface area contributed by atoms with Crippen LogP contribution < -0.4 is 5.32 Å². The highest BCUT2D eigenvalue weighted by molar-refractivity contribution is 5.80. The quantitative estimate of drug-likeness (QED) is 0.644. The van der Waals surface area contributed by atoms with Crippen LogP contribution in [0.3, 0.4) is 0 Å². The number of hydrogen-bond donors (Lipinski definition) is 1. The fourth-order valence-corrected chi connectivity index (χ4v) is 1.07. The average Bonchev–Trinajstić information content (AvgIpc) is 2.52. The van der Waals surface area contributed by atoms with Crippen molar-refractivity contribution in [3.05, 3.63) is 0 Å². The molecule has 64 valence electrons. The van der Waals surface area contributed by atoms with Crippen molar-refractivity contribution in [2.24, 2.45) is 0 Å². The van der Waals surface area contributed by atoms with E-state index >= 15 is 0 Å². The molecule has 0 aromatic heterocycles. The second-order valence-corrected chi connectivity index (χ2v) is 2.48. The molecular formula is C7H12FNO2. The molecule has 0 radical (unpaired) electrons. The summed E-state index contributed by atoms with van der Waals surface area (Å²) in [5.74, 6) is -0.180. The van der Waals surface area contributed by atoms with Gasteiger partial charge in [-0.05, 0) is 12.8 Å². The van der Waals surface area contributed by atoms with Crippen molar-refractivity contribution < 1.29 is 13.9 Å². The lowest BCUT2D eigenvalue weighted by Crippen LogP contribution is -2.35. The molecule has 0 aromatic carbocycles. The van der Waals surface area contributed by atoms with Gasteiger partial charge in [0.15, 0.2) is 0 Å². The Kier molecular flexibility index (Phi) is 3.29. The SMILES string of the molecule is O=C(NCCF)[C@@H]1CCCO1. The first-order valence-electron chi connectivity index (χ1n) is 3.80. The lowest BCUT2D eigenvalue weighted by molar-refractivity contribution is -0.130. The number of alkyl halides is 1. The molecule has 1 amide bonds. The Bertz CT molecular complexity index is 134. The normalized spacial score (nSPS) is 23.5. The third kappa shape index (κ3) is 2.46. The minimum absolute atomic E-state index is 0.0959. The molecule has 11 heavy (non-hydrogen) atoms. The molecule has 0 aliphatic carbocycles. The van der Waals surface area contributed by atoms with Gasteiger partial charge in [-0.1, -0.05) is 0 Å². The van der Waals surface area contributed by atoms with Crippen LogP contribution in [-0.4, -0.2) is 31.8 Å². The third-order valence-electron chi connectivity index (χ3n) is 1.62. The van der Waals surface area contributed by atoms with E-state index in [9.17, 15) is 9.18 Å². The molecule has 0 aromatic rings. The van der Waals surface area contributed by atoms with E-state index in [0.29, 0.717) is 6.61 Å². The first kappa shape index (κ1) is 8.46. The number of carbonyl (C=O) groups is 1. The number of carbonyl (C=O) groups excluding carboxylic acids is 1. The Balaban J connectivity index is 2.17. The van der Waals surface area contributed by atoms with Gasteiger partial charge in [-0.25, -0.2) is 4.39 Å². The second-order valence-electron chi connectivity index (χ2n) is 2.48. The number of amides is 1. The smallest absolute Gasteiger partial charge is 0.249 e. The van der Waals surface area contributed by atoms with Crippen LogP contribution in [-0.2, 0) is 9.53 Å². The largest absolute Gasteiger partial charge is 0.368 e. The minimum atomic E-state index is -0.515. The predicted molar refractivity (Wildman–Crippen MR) is 38.0 cm³/mol. The van der Waals surface area contributed by atoms with Crippen LogP contribution in [0.25, 0.3) is 0 Å². The molecule has 0 bridgehead atoms. The number of ether oxygens (including phenoxy) is 1. The Morgan fingerprint density at radius 1 is 1.73 bits per heavy atom. The molecule has 1 aliphatic heterocycles. The van der Waals surface area contributed by atoms with E-state index in [1.807, 2.05) is 0 Å². The van der Waals surface area contributed by atoms with Gasteiger partial charge in [-0.3, -0.25) is 4.79 Å². The Labute approximate surface area is 64.9 Å².